The molecule has 0 spiro atoms. The third-order valence-electron chi connectivity index (χ3n) is 5.20. The van der Waals surface area contributed by atoms with Gasteiger partial charge in [0.25, 0.3) is 0 Å². The molecule has 0 aliphatic heterocycles. The van der Waals surface area contributed by atoms with E-state index in [0.717, 1.165) is 43.6 Å². The fourth-order valence-electron chi connectivity index (χ4n) is 3.22. The number of nitrogens with zero attached hydrogens (tertiary/aromatic N) is 2. The minimum Gasteiger partial charge on any atom is -0.356 e. The molecule has 4 nitrogen and oxygen atoms in total. The Kier molecular flexibility index (Phi) is 10.9. The highest BCUT2D eigenvalue weighted by Gasteiger charge is 2.44. The third kappa shape index (κ3) is 7.24. The van der Waals surface area contributed by atoms with Crippen molar-refractivity contribution in [1.82, 2.24) is 15.5 Å². The van der Waals surface area contributed by atoms with Crippen molar-refractivity contribution in [3.8, 4) is 0 Å². The van der Waals surface area contributed by atoms with Gasteiger partial charge in [0.05, 0.1) is 0 Å². The van der Waals surface area contributed by atoms with Crippen LogP contribution in [0.5, 0.6) is 0 Å². The molecule has 0 unspecified atom stereocenters. The Morgan fingerprint density at radius 3 is 2.50 bits per heavy atom. The molecule has 26 heavy (non-hydrogen) atoms. The minimum atomic E-state index is 0. The van der Waals surface area contributed by atoms with Gasteiger partial charge in [0.2, 0.25) is 0 Å². The molecular weight excluding hydrogens is 459 g/mol. The Labute approximate surface area is 181 Å². The zero-order valence-electron chi connectivity index (χ0n) is 16.4. The molecule has 1 aliphatic rings. The summed E-state index contributed by atoms with van der Waals surface area (Å²) < 4.78 is 0. The number of guanidine groups is 1. The molecule has 1 aromatic carbocycles. The molecule has 0 amide bonds. The van der Waals surface area contributed by atoms with E-state index < -0.39 is 0 Å². The molecule has 2 N–H and O–H groups in total. The second-order valence-electron chi connectivity index (χ2n) is 6.88. The molecule has 0 saturated heterocycles. The Hall–Kier alpha value is -0.530. The van der Waals surface area contributed by atoms with Crippen molar-refractivity contribution in [1.29, 1.82) is 0 Å². The summed E-state index contributed by atoms with van der Waals surface area (Å²) >= 11 is 6.15. The monoisotopic (exact) mass is 492 g/mol. The van der Waals surface area contributed by atoms with Crippen molar-refractivity contribution >= 4 is 41.5 Å². The molecule has 2 rings (SSSR count). The topological polar surface area (TPSA) is 39.7 Å². The summed E-state index contributed by atoms with van der Waals surface area (Å²) in [4.78, 5) is 6.82. The van der Waals surface area contributed by atoms with E-state index in [1.165, 1.54) is 31.4 Å². The van der Waals surface area contributed by atoms with Crippen LogP contribution in [0.2, 0.25) is 5.02 Å². The Balaban J connectivity index is 0.00000338. The van der Waals surface area contributed by atoms with Gasteiger partial charge in [-0.25, -0.2) is 0 Å². The van der Waals surface area contributed by atoms with E-state index in [4.69, 9.17) is 11.6 Å². The van der Waals surface area contributed by atoms with E-state index in [0.29, 0.717) is 0 Å². The fraction of sp³-hybridized carbons (Fsp3) is 0.650. The molecule has 1 aliphatic carbocycles. The Bertz CT molecular complexity index is 556. The first-order chi connectivity index (χ1) is 12.1. The lowest BCUT2D eigenvalue weighted by Gasteiger charge is -2.20. The average Bonchev–Trinajstić information content (AvgIpc) is 3.42. The molecule has 0 radical (unpaired) electrons. The van der Waals surface area contributed by atoms with Crippen molar-refractivity contribution in [2.75, 3.05) is 39.8 Å². The molecule has 0 bridgehead atoms. The maximum atomic E-state index is 6.15. The minimum absolute atomic E-state index is 0. The molecular formula is C20H34ClIN4. The molecule has 1 saturated carbocycles. The Morgan fingerprint density at radius 2 is 1.92 bits per heavy atom. The number of aliphatic imine (C=N–C) groups is 1. The van der Waals surface area contributed by atoms with E-state index in [1.54, 1.807) is 0 Å². The van der Waals surface area contributed by atoms with E-state index >= 15 is 0 Å². The van der Waals surface area contributed by atoms with Gasteiger partial charge in [-0.3, -0.25) is 4.99 Å². The number of hydrogen-bond donors (Lipinski definition) is 2. The Morgan fingerprint density at radius 1 is 1.19 bits per heavy atom. The number of benzene rings is 1. The van der Waals surface area contributed by atoms with Gasteiger partial charge >= 0.3 is 0 Å². The van der Waals surface area contributed by atoms with Crippen LogP contribution in [-0.4, -0.2) is 50.6 Å². The second-order valence-corrected chi connectivity index (χ2v) is 7.31. The van der Waals surface area contributed by atoms with Gasteiger partial charge in [-0.1, -0.05) is 37.6 Å². The van der Waals surface area contributed by atoms with Gasteiger partial charge in [-0.15, -0.1) is 24.0 Å². The van der Waals surface area contributed by atoms with Crippen molar-refractivity contribution in [3.63, 3.8) is 0 Å². The van der Waals surface area contributed by atoms with E-state index in [9.17, 15) is 0 Å². The summed E-state index contributed by atoms with van der Waals surface area (Å²) in [6, 6.07) is 8.26. The number of unbranched alkanes of at least 4 members (excludes halogenated alkanes) is 1. The normalized spacial score (nSPS) is 15.5. The van der Waals surface area contributed by atoms with Gasteiger partial charge in [-0.05, 0) is 63.0 Å². The van der Waals surface area contributed by atoms with Crippen molar-refractivity contribution in [3.05, 3.63) is 34.9 Å². The number of hydrogen-bond acceptors (Lipinski definition) is 2. The smallest absolute Gasteiger partial charge is 0.191 e. The second kappa shape index (κ2) is 12.0. The summed E-state index contributed by atoms with van der Waals surface area (Å²) in [6.07, 6.45) is 4.80. The summed E-state index contributed by atoms with van der Waals surface area (Å²) in [6.45, 7) is 9.77. The van der Waals surface area contributed by atoms with Crippen LogP contribution in [0.3, 0.4) is 0 Å². The highest BCUT2D eigenvalue weighted by molar-refractivity contribution is 14.0. The molecule has 0 heterocycles. The molecule has 6 heteroatoms. The van der Waals surface area contributed by atoms with Crippen LogP contribution >= 0.6 is 35.6 Å². The maximum absolute atomic E-state index is 6.15. The molecule has 0 aromatic heterocycles. The van der Waals surface area contributed by atoms with Crippen LogP contribution in [0.4, 0.5) is 0 Å². The van der Waals surface area contributed by atoms with E-state index in [2.05, 4.69) is 46.5 Å². The van der Waals surface area contributed by atoms with Gasteiger partial charge in [0.1, 0.15) is 0 Å². The summed E-state index contributed by atoms with van der Waals surface area (Å²) in [5, 5.41) is 7.75. The summed E-state index contributed by atoms with van der Waals surface area (Å²) in [5.41, 5.74) is 1.56. The number of nitrogens with one attached hydrogen (secondary N) is 2. The van der Waals surface area contributed by atoms with Crippen LogP contribution in [0, 0.1) is 0 Å². The molecule has 1 fully saturated rings. The van der Waals surface area contributed by atoms with Crippen LogP contribution in [0.15, 0.2) is 29.3 Å². The first-order valence-corrected chi connectivity index (χ1v) is 9.94. The standard InChI is InChI=1S/C20H33ClN4.HI/c1-4-25(5-2)14-7-6-13-23-19(22-3)24-16-20(11-12-20)17-9-8-10-18(21)15-17;/h8-10,15H,4-7,11-14,16H2,1-3H3,(H2,22,23,24);1H. The van der Waals surface area contributed by atoms with Crippen LogP contribution in [-0.2, 0) is 5.41 Å². The van der Waals surface area contributed by atoms with Crippen molar-refractivity contribution in [2.45, 2.75) is 44.9 Å². The fourth-order valence-corrected chi connectivity index (χ4v) is 3.41. The van der Waals surface area contributed by atoms with E-state index in [-0.39, 0.29) is 29.4 Å². The molecule has 0 atom stereocenters. The first kappa shape index (κ1) is 23.5. The maximum Gasteiger partial charge on any atom is 0.191 e. The van der Waals surface area contributed by atoms with Gasteiger partial charge in [0.15, 0.2) is 5.96 Å². The summed E-state index contributed by atoms with van der Waals surface area (Å²) in [5.74, 6) is 0.899. The number of rotatable bonds is 10. The highest BCUT2D eigenvalue weighted by Crippen LogP contribution is 2.48. The molecule has 148 valence electrons. The molecule has 1 aromatic rings. The summed E-state index contributed by atoms with van der Waals surface area (Å²) in [7, 11) is 1.84. The van der Waals surface area contributed by atoms with Gasteiger partial charge in [0, 0.05) is 30.6 Å². The third-order valence-corrected chi connectivity index (χ3v) is 5.43. The largest absolute Gasteiger partial charge is 0.356 e. The zero-order valence-corrected chi connectivity index (χ0v) is 19.4. The van der Waals surface area contributed by atoms with Crippen LogP contribution in [0.25, 0.3) is 0 Å². The van der Waals surface area contributed by atoms with E-state index in [1.807, 2.05) is 19.2 Å². The lowest BCUT2D eigenvalue weighted by Crippen LogP contribution is -2.41. The number of halogens is 2. The van der Waals surface area contributed by atoms with Gasteiger partial charge in [-0.2, -0.15) is 0 Å². The lowest BCUT2D eigenvalue weighted by molar-refractivity contribution is 0.297. The quantitative estimate of drug-likeness (QED) is 0.222. The predicted octanol–water partition coefficient (Wildman–Crippen LogP) is 4.28. The lowest BCUT2D eigenvalue weighted by atomic mass is 9.96. The van der Waals surface area contributed by atoms with Crippen molar-refractivity contribution in [2.24, 2.45) is 4.99 Å². The predicted molar refractivity (Wildman–Crippen MR) is 124 cm³/mol. The van der Waals surface area contributed by atoms with Crippen LogP contribution in [0.1, 0.15) is 45.1 Å². The zero-order chi connectivity index (χ0) is 18.1. The first-order valence-electron chi connectivity index (χ1n) is 9.56. The van der Waals surface area contributed by atoms with Gasteiger partial charge < -0.3 is 15.5 Å². The highest BCUT2D eigenvalue weighted by atomic mass is 127. The van der Waals surface area contributed by atoms with Crippen molar-refractivity contribution < 1.29 is 0 Å². The van der Waals surface area contributed by atoms with Crippen LogP contribution < -0.4 is 10.6 Å². The average molecular weight is 493 g/mol. The SMILES string of the molecule is CCN(CC)CCCCNC(=NC)NCC1(c2cccc(Cl)c2)CC1.I.